The zero-order valence-corrected chi connectivity index (χ0v) is 10.0. The van der Waals surface area contributed by atoms with E-state index in [1.54, 1.807) is 0 Å². The first-order valence-corrected chi connectivity index (χ1v) is 5.79. The molecule has 86 valence electrons. The van der Waals surface area contributed by atoms with Gasteiger partial charge in [-0.25, -0.2) is 0 Å². The van der Waals surface area contributed by atoms with Crippen LogP contribution in [0.25, 0.3) is 0 Å². The summed E-state index contributed by atoms with van der Waals surface area (Å²) >= 11 is 0. The Balaban J connectivity index is 2.40. The van der Waals surface area contributed by atoms with E-state index in [-0.39, 0.29) is 5.92 Å². The van der Waals surface area contributed by atoms with E-state index in [4.69, 9.17) is 0 Å². The summed E-state index contributed by atoms with van der Waals surface area (Å²) in [4.78, 5) is 11.5. The highest BCUT2D eigenvalue weighted by Gasteiger charge is 2.62. The molecule has 0 heterocycles. The van der Waals surface area contributed by atoms with Gasteiger partial charge in [-0.15, -0.1) is 0 Å². The molecule has 2 atom stereocenters. The lowest BCUT2D eigenvalue weighted by Crippen LogP contribution is -2.24. The van der Waals surface area contributed by atoms with Gasteiger partial charge in [0.05, 0.1) is 5.41 Å². The number of hydrogen-bond acceptors (Lipinski definition) is 1. The van der Waals surface area contributed by atoms with Gasteiger partial charge in [-0.3, -0.25) is 4.79 Å². The van der Waals surface area contributed by atoms with E-state index in [0.29, 0.717) is 5.92 Å². The molecule has 2 rings (SSSR count). The van der Waals surface area contributed by atoms with Crippen LogP contribution in [0.4, 0.5) is 0 Å². The molecule has 1 aromatic rings. The van der Waals surface area contributed by atoms with Gasteiger partial charge in [0.1, 0.15) is 0 Å². The summed E-state index contributed by atoms with van der Waals surface area (Å²) in [5.74, 6) is 0.0419. The van der Waals surface area contributed by atoms with Crippen molar-refractivity contribution in [2.45, 2.75) is 32.6 Å². The lowest BCUT2D eigenvalue weighted by atomic mass is 9.89. The molecule has 1 N–H and O–H groups in total. The lowest BCUT2D eigenvalue weighted by Gasteiger charge is -2.15. The van der Waals surface area contributed by atoms with Crippen LogP contribution in [0, 0.1) is 18.8 Å². The van der Waals surface area contributed by atoms with E-state index in [1.165, 1.54) is 0 Å². The fraction of sp³-hybridized carbons (Fsp3) is 0.500. The van der Waals surface area contributed by atoms with Gasteiger partial charge >= 0.3 is 5.97 Å². The number of carboxylic acids is 1. The number of aliphatic carboxylic acids is 1. The summed E-state index contributed by atoms with van der Waals surface area (Å²) in [5.41, 5.74) is 1.49. The van der Waals surface area contributed by atoms with Crippen molar-refractivity contribution in [3.8, 4) is 0 Å². The van der Waals surface area contributed by atoms with Crippen LogP contribution >= 0.6 is 0 Å². The van der Waals surface area contributed by atoms with Crippen LogP contribution in [0.2, 0.25) is 0 Å². The zero-order chi connectivity index (χ0) is 11.9. The second-order valence-corrected chi connectivity index (χ2v) is 5.20. The Kier molecular flexibility index (Phi) is 2.53. The molecular weight excluding hydrogens is 200 g/mol. The predicted molar refractivity (Wildman–Crippen MR) is 63.4 cm³/mol. The summed E-state index contributed by atoms with van der Waals surface area (Å²) in [6.45, 7) is 6.21. The average Bonchev–Trinajstić information content (AvgIpc) is 2.93. The fourth-order valence-corrected chi connectivity index (χ4v) is 2.72. The molecule has 0 saturated heterocycles. The molecule has 1 saturated carbocycles. The largest absolute Gasteiger partial charge is 0.481 e. The first kappa shape index (κ1) is 11.2. The van der Waals surface area contributed by atoms with Crippen LogP contribution < -0.4 is 0 Å². The van der Waals surface area contributed by atoms with Gasteiger partial charge < -0.3 is 5.11 Å². The Morgan fingerprint density at radius 3 is 2.62 bits per heavy atom. The van der Waals surface area contributed by atoms with Crippen LogP contribution in [0.5, 0.6) is 0 Å². The highest BCUT2D eigenvalue weighted by molar-refractivity contribution is 5.86. The molecule has 1 fully saturated rings. The van der Waals surface area contributed by atoms with E-state index in [9.17, 15) is 9.90 Å². The monoisotopic (exact) mass is 218 g/mol. The highest BCUT2D eigenvalue weighted by atomic mass is 16.4. The third kappa shape index (κ3) is 1.53. The van der Waals surface area contributed by atoms with Crippen LogP contribution in [0.3, 0.4) is 0 Å². The maximum Gasteiger partial charge on any atom is 0.314 e. The number of rotatable bonds is 3. The van der Waals surface area contributed by atoms with Gasteiger partial charge in [0.25, 0.3) is 0 Å². The van der Waals surface area contributed by atoms with Crippen molar-refractivity contribution >= 4 is 5.97 Å². The van der Waals surface area contributed by atoms with Crippen molar-refractivity contribution in [2.24, 2.45) is 11.8 Å². The highest BCUT2D eigenvalue weighted by Crippen LogP contribution is 2.58. The average molecular weight is 218 g/mol. The van der Waals surface area contributed by atoms with Crippen molar-refractivity contribution in [3.05, 3.63) is 35.4 Å². The Morgan fingerprint density at radius 2 is 2.19 bits per heavy atom. The maximum atomic E-state index is 11.5. The first-order valence-electron chi connectivity index (χ1n) is 5.79. The molecule has 0 aliphatic heterocycles. The Bertz CT molecular complexity index is 422. The number of carboxylic acid groups (broad SMARTS) is 1. The van der Waals surface area contributed by atoms with Crippen molar-refractivity contribution in [1.29, 1.82) is 0 Å². The van der Waals surface area contributed by atoms with Crippen molar-refractivity contribution in [2.75, 3.05) is 0 Å². The van der Waals surface area contributed by atoms with Crippen LogP contribution in [0.15, 0.2) is 24.3 Å². The standard InChI is InChI=1S/C14H18O2/c1-9(2)12-8-14(12,13(15)16)11-6-4-5-10(3)7-11/h4-7,9,12H,8H2,1-3H3,(H,15,16). The molecule has 1 aliphatic carbocycles. The summed E-state index contributed by atoms with van der Waals surface area (Å²) in [5, 5.41) is 9.47. The van der Waals surface area contributed by atoms with E-state index < -0.39 is 11.4 Å². The third-order valence-corrected chi connectivity index (χ3v) is 3.73. The Hall–Kier alpha value is -1.31. The number of carbonyl (C=O) groups is 1. The van der Waals surface area contributed by atoms with Gasteiger partial charge in [-0.05, 0) is 30.7 Å². The molecule has 0 spiro atoms. The Labute approximate surface area is 96.3 Å². The van der Waals surface area contributed by atoms with Gasteiger partial charge in [0.2, 0.25) is 0 Å². The summed E-state index contributed by atoms with van der Waals surface area (Å²) in [6, 6.07) is 7.91. The summed E-state index contributed by atoms with van der Waals surface area (Å²) in [6.07, 6.45) is 0.781. The predicted octanol–water partition coefficient (Wildman–Crippen LogP) is 2.99. The molecule has 16 heavy (non-hydrogen) atoms. The second-order valence-electron chi connectivity index (χ2n) is 5.20. The molecule has 0 amide bonds. The van der Waals surface area contributed by atoms with Crippen LogP contribution in [0.1, 0.15) is 31.4 Å². The molecule has 1 aliphatic rings. The number of hydrogen-bond donors (Lipinski definition) is 1. The molecule has 2 heteroatoms. The minimum absolute atomic E-state index is 0.284. The minimum Gasteiger partial charge on any atom is -0.481 e. The molecule has 1 aromatic carbocycles. The number of benzene rings is 1. The third-order valence-electron chi connectivity index (χ3n) is 3.73. The quantitative estimate of drug-likeness (QED) is 0.846. The minimum atomic E-state index is -0.670. The normalized spacial score (nSPS) is 28.1. The van der Waals surface area contributed by atoms with Crippen molar-refractivity contribution in [3.63, 3.8) is 0 Å². The lowest BCUT2D eigenvalue weighted by molar-refractivity contribution is -0.140. The molecule has 0 aromatic heterocycles. The maximum absolute atomic E-state index is 11.5. The van der Waals surface area contributed by atoms with E-state index >= 15 is 0 Å². The van der Waals surface area contributed by atoms with E-state index in [2.05, 4.69) is 13.8 Å². The van der Waals surface area contributed by atoms with E-state index in [0.717, 1.165) is 17.5 Å². The SMILES string of the molecule is Cc1cccc(C2(C(=O)O)CC2C(C)C)c1. The summed E-state index contributed by atoms with van der Waals surface area (Å²) in [7, 11) is 0. The number of aryl methyl sites for hydroxylation is 1. The molecular formula is C14H18O2. The van der Waals surface area contributed by atoms with Gasteiger partial charge in [-0.2, -0.15) is 0 Å². The second kappa shape index (κ2) is 3.62. The molecule has 0 bridgehead atoms. The molecule has 2 nitrogen and oxygen atoms in total. The van der Waals surface area contributed by atoms with Gasteiger partial charge in [0.15, 0.2) is 0 Å². The molecule has 2 unspecified atom stereocenters. The first-order chi connectivity index (χ1) is 7.48. The van der Waals surface area contributed by atoms with Gasteiger partial charge in [-0.1, -0.05) is 43.7 Å². The smallest absolute Gasteiger partial charge is 0.314 e. The van der Waals surface area contributed by atoms with Crippen LogP contribution in [-0.2, 0) is 10.2 Å². The topological polar surface area (TPSA) is 37.3 Å². The summed E-state index contributed by atoms with van der Waals surface area (Å²) < 4.78 is 0. The van der Waals surface area contributed by atoms with Crippen molar-refractivity contribution in [1.82, 2.24) is 0 Å². The van der Waals surface area contributed by atoms with E-state index in [1.807, 2.05) is 31.2 Å². The Morgan fingerprint density at radius 1 is 1.50 bits per heavy atom. The van der Waals surface area contributed by atoms with Gasteiger partial charge in [0, 0.05) is 0 Å². The van der Waals surface area contributed by atoms with Crippen molar-refractivity contribution < 1.29 is 9.90 Å². The molecule has 0 radical (unpaired) electrons. The zero-order valence-electron chi connectivity index (χ0n) is 10.0. The fourth-order valence-electron chi connectivity index (χ4n) is 2.72. The van der Waals surface area contributed by atoms with Crippen LogP contribution in [-0.4, -0.2) is 11.1 Å².